The molecule has 0 bridgehead atoms. The molecule has 0 spiro atoms. The van der Waals surface area contributed by atoms with E-state index in [1.54, 1.807) is 14.1 Å². The van der Waals surface area contributed by atoms with Gasteiger partial charge in [0.25, 0.3) is 0 Å². The number of ether oxygens (including phenoxy) is 1. The van der Waals surface area contributed by atoms with Crippen LogP contribution in [0.15, 0.2) is 36.5 Å². The van der Waals surface area contributed by atoms with Crippen molar-refractivity contribution in [2.75, 3.05) is 20.6 Å². The van der Waals surface area contributed by atoms with Gasteiger partial charge in [-0.15, -0.1) is 0 Å². The summed E-state index contributed by atoms with van der Waals surface area (Å²) >= 11 is 0. The summed E-state index contributed by atoms with van der Waals surface area (Å²) in [5.74, 6) is 0.636. The topological polar surface area (TPSA) is 32.8 Å². The summed E-state index contributed by atoms with van der Waals surface area (Å²) in [4.78, 5) is 15.2. The maximum Gasteiger partial charge on any atom is 0.414 e. The van der Waals surface area contributed by atoms with E-state index in [2.05, 4.69) is 17.2 Å². The van der Waals surface area contributed by atoms with Crippen LogP contribution in [0.3, 0.4) is 0 Å². The number of benzene rings is 1. The molecule has 96 valence electrons. The standard InChI is InChI=1S/C14H18N2O2/c1-15(2)14(17)18-13-8-4-3-7-12(13)11-16-9-5-6-10-16/h3-5,7-9H,6,10-11H2,1-2H3. The van der Waals surface area contributed by atoms with Gasteiger partial charge in [-0.05, 0) is 18.7 Å². The molecule has 0 radical (unpaired) electrons. The zero-order valence-corrected chi connectivity index (χ0v) is 10.8. The van der Waals surface area contributed by atoms with Crippen molar-refractivity contribution in [3.05, 3.63) is 42.1 Å². The first kappa shape index (κ1) is 12.5. The van der Waals surface area contributed by atoms with Gasteiger partial charge in [-0.2, -0.15) is 0 Å². The molecule has 4 nitrogen and oxygen atoms in total. The Kier molecular flexibility index (Phi) is 3.87. The Morgan fingerprint density at radius 1 is 1.39 bits per heavy atom. The molecule has 0 aliphatic carbocycles. The predicted octanol–water partition coefficient (Wildman–Crippen LogP) is 2.47. The van der Waals surface area contributed by atoms with Crippen LogP contribution in [-0.2, 0) is 6.54 Å². The summed E-state index contributed by atoms with van der Waals surface area (Å²) < 4.78 is 5.35. The Morgan fingerprint density at radius 2 is 2.17 bits per heavy atom. The van der Waals surface area contributed by atoms with E-state index < -0.39 is 0 Å². The van der Waals surface area contributed by atoms with Crippen molar-refractivity contribution in [2.24, 2.45) is 0 Å². The molecule has 0 N–H and O–H groups in total. The first-order valence-electron chi connectivity index (χ1n) is 6.04. The van der Waals surface area contributed by atoms with Crippen molar-refractivity contribution in [3.8, 4) is 5.75 Å². The van der Waals surface area contributed by atoms with E-state index in [9.17, 15) is 4.79 Å². The van der Waals surface area contributed by atoms with Crippen molar-refractivity contribution >= 4 is 6.09 Å². The van der Waals surface area contributed by atoms with E-state index in [0.717, 1.165) is 25.1 Å². The largest absolute Gasteiger partial charge is 0.414 e. The SMILES string of the molecule is CN(C)C(=O)Oc1ccccc1CN1C=CCC1. The van der Waals surface area contributed by atoms with E-state index in [1.807, 2.05) is 24.3 Å². The van der Waals surface area contributed by atoms with Gasteiger partial charge >= 0.3 is 6.09 Å². The molecule has 1 aromatic rings. The molecule has 18 heavy (non-hydrogen) atoms. The van der Waals surface area contributed by atoms with Gasteiger partial charge in [0.05, 0.1) is 0 Å². The summed E-state index contributed by atoms with van der Waals surface area (Å²) in [5, 5.41) is 0. The molecule has 0 saturated heterocycles. The minimum atomic E-state index is -0.348. The average molecular weight is 246 g/mol. The van der Waals surface area contributed by atoms with Crippen molar-refractivity contribution in [3.63, 3.8) is 0 Å². The fourth-order valence-corrected chi connectivity index (χ4v) is 1.81. The molecule has 2 rings (SSSR count). The number of rotatable bonds is 3. The van der Waals surface area contributed by atoms with E-state index in [0.29, 0.717) is 5.75 Å². The molecule has 1 aromatic carbocycles. The lowest BCUT2D eigenvalue weighted by Gasteiger charge is -2.18. The van der Waals surface area contributed by atoms with Gasteiger partial charge in [0.2, 0.25) is 0 Å². The highest BCUT2D eigenvalue weighted by Crippen LogP contribution is 2.21. The lowest BCUT2D eigenvalue weighted by Crippen LogP contribution is -2.26. The van der Waals surface area contributed by atoms with E-state index in [-0.39, 0.29) is 6.09 Å². The van der Waals surface area contributed by atoms with Gasteiger partial charge in [-0.3, -0.25) is 0 Å². The van der Waals surface area contributed by atoms with Crippen LogP contribution in [0.1, 0.15) is 12.0 Å². The molecule has 0 aromatic heterocycles. The normalized spacial score (nSPS) is 13.8. The van der Waals surface area contributed by atoms with Crippen LogP contribution < -0.4 is 4.74 Å². The third-order valence-electron chi connectivity index (χ3n) is 2.81. The van der Waals surface area contributed by atoms with E-state index >= 15 is 0 Å². The van der Waals surface area contributed by atoms with Crippen molar-refractivity contribution < 1.29 is 9.53 Å². The minimum Gasteiger partial charge on any atom is -0.410 e. The lowest BCUT2D eigenvalue weighted by atomic mass is 10.2. The van der Waals surface area contributed by atoms with E-state index in [1.165, 1.54) is 4.90 Å². The number of carbonyl (C=O) groups is 1. The minimum absolute atomic E-state index is 0.348. The zero-order valence-electron chi connectivity index (χ0n) is 10.8. The number of hydrogen-bond donors (Lipinski definition) is 0. The fraction of sp³-hybridized carbons (Fsp3) is 0.357. The molecule has 0 fully saturated rings. The average Bonchev–Trinajstić information content (AvgIpc) is 2.84. The molecule has 0 saturated carbocycles. The Hall–Kier alpha value is -1.97. The highest BCUT2D eigenvalue weighted by atomic mass is 16.6. The Balaban J connectivity index is 2.09. The summed E-state index contributed by atoms with van der Waals surface area (Å²) in [6, 6.07) is 7.66. The number of amides is 1. The molecule has 0 atom stereocenters. The van der Waals surface area contributed by atoms with Gasteiger partial charge in [-0.1, -0.05) is 24.3 Å². The fourth-order valence-electron chi connectivity index (χ4n) is 1.81. The molecular weight excluding hydrogens is 228 g/mol. The monoisotopic (exact) mass is 246 g/mol. The van der Waals surface area contributed by atoms with Gasteiger partial charge in [0.15, 0.2) is 0 Å². The first-order valence-corrected chi connectivity index (χ1v) is 6.04. The zero-order chi connectivity index (χ0) is 13.0. The predicted molar refractivity (Wildman–Crippen MR) is 70.3 cm³/mol. The van der Waals surface area contributed by atoms with Crippen LogP contribution in [0, 0.1) is 0 Å². The smallest absolute Gasteiger partial charge is 0.410 e. The second-order valence-electron chi connectivity index (χ2n) is 4.51. The third kappa shape index (κ3) is 3.03. The number of para-hydroxylation sites is 1. The molecule has 1 aliphatic rings. The van der Waals surface area contributed by atoms with Crippen LogP contribution in [0.4, 0.5) is 4.79 Å². The lowest BCUT2D eigenvalue weighted by molar-refractivity contribution is 0.171. The van der Waals surface area contributed by atoms with Crippen molar-refractivity contribution in [1.82, 2.24) is 9.80 Å². The van der Waals surface area contributed by atoms with Crippen molar-refractivity contribution in [2.45, 2.75) is 13.0 Å². The van der Waals surface area contributed by atoms with Gasteiger partial charge in [0, 0.05) is 32.7 Å². The van der Waals surface area contributed by atoms with Crippen LogP contribution in [-0.4, -0.2) is 36.5 Å². The maximum absolute atomic E-state index is 11.6. The third-order valence-corrected chi connectivity index (χ3v) is 2.81. The highest BCUT2D eigenvalue weighted by Gasteiger charge is 2.13. The second kappa shape index (κ2) is 5.58. The summed E-state index contributed by atoms with van der Waals surface area (Å²) in [6.45, 7) is 1.79. The molecular formula is C14H18N2O2. The summed E-state index contributed by atoms with van der Waals surface area (Å²) in [6.07, 6.45) is 4.97. The van der Waals surface area contributed by atoms with Crippen LogP contribution >= 0.6 is 0 Å². The quantitative estimate of drug-likeness (QED) is 0.821. The maximum atomic E-state index is 11.6. The number of carbonyl (C=O) groups excluding carboxylic acids is 1. The van der Waals surface area contributed by atoms with Crippen LogP contribution in [0.2, 0.25) is 0 Å². The Labute approximate surface area is 107 Å². The van der Waals surface area contributed by atoms with Crippen molar-refractivity contribution in [1.29, 1.82) is 0 Å². The molecule has 1 amide bonds. The molecule has 0 unspecified atom stereocenters. The number of hydrogen-bond acceptors (Lipinski definition) is 3. The second-order valence-corrected chi connectivity index (χ2v) is 4.51. The Morgan fingerprint density at radius 3 is 2.83 bits per heavy atom. The molecule has 4 heteroatoms. The number of nitrogens with zero attached hydrogens (tertiary/aromatic N) is 2. The molecule has 1 heterocycles. The molecule has 1 aliphatic heterocycles. The van der Waals surface area contributed by atoms with E-state index in [4.69, 9.17) is 4.74 Å². The Bertz CT molecular complexity index is 455. The summed E-state index contributed by atoms with van der Waals surface area (Å²) in [5.41, 5.74) is 1.03. The van der Waals surface area contributed by atoms with Gasteiger partial charge < -0.3 is 14.5 Å². The first-order chi connectivity index (χ1) is 8.66. The highest BCUT2D eigenvalue weighted by molar-refractivity contribution is 5.70. The van der Waals surface area contributed by atoms with Crippen LogP contribution in [0.5, 0.6) is 5.75 Å². The summed E-state index contributed by atoms with van der Waals surface area (Å²) in [7, 11) is 3.35. The van der Waals surface area contributed by atoms with Gasteiger partial charge in [-0.25, -0.2) is 4.79 Å². The van der Waals surface area contributed by atoms with Crippen LogP contribution in [0.25, 0.3) is 0 Å². The van der Waals surface area contributed by atoms with Gasteiger partial charge in [0.1, 0.15) is 5.75 Å².